The molecule has 5 nitrogen and oxygen atoms in total. The maximum absolute atomic E-state index is 13.3. The van der Waals surface area contributed by atoms with Crippen molar-refractivity contribution in [3.05, 3.63) is 107 Å². The van der Waals surface area contributed by atoms with Gasteiger partial charge in [0.25, 0.3) is 11.8 Å². The minimum atomic E-state index is -0.306. The van der Waals surface area contributed by atoms with Crippen LogP contribution in [0, 0.1) is 0 Å². The van der Waals surface area contributed by atoms with E-state index in [9.17, 15) is 9.59 Å². The van der Waals surface area contributed by atoms with Crippen LogP contribution >= 0.6 is 28.1 Å². The van der Waals surface area contributed by atoms with Gasteiger partial charge in [-0.2, -0.15) is 0 Å². The van der Waals surface area contributed by atoms with Crippen LogP contribution in [0.3, 0.4) is 0 Å². The van der Waals surface area contributed by atoms with E-state index in [0.29, 0.717) is 23.4 Å². The third kappa shape index (κ3) is 5.32. The van der Waals surface area contributed by atoms with Crippen LogP contribution in [0.25, 0.3) is 10.8 Å². The molecular formula is C27H22BrN3O2S. The van der Waals surface area contributed by atoms with E-state index in [1.807, 2.05) is 55.5 Å². The molecule has 2 N–H and O–H groups in total. The summed E-state index contributed by atoms with van der Waals surface area (Å²) in [4.78, 5) is 27.4. The number of carbonyl (C=O) groups excluding carboxylic acids is 2. The van der Waals surface area contributed by atoms with Gasteiger partial charge in [0.15, 0.2) is 5.11 Å². The molecule has 170 valence electrons. The SMILES string of the molecule is CCN(C(=O)c1ccc(NC(=S)NC(=O)c2cccc(Br)c2)cc1)c1cccc2ccccc12. The maximum Gasteiger partial charge on any atom is 0.258 e. The number of thiocarbonyl (C=S) groups is 1. The molecule has 34 heavy (non-hydrogen) atoms. The topological polar surface area (TPSA) is 61.4 Å². The van der Waals surface area contributed by atoms with Crippen molar-refractivity contribution < 1.29 is 9.59 Å². The largest absolute Gasteiger partial charge is 0.332 e. The quantitative estimate of drug-likeness (QED) is 0.292. The molecule has 4 aromatic rings. The summed E-state index contributed by atoms with van der Waals surface area (Å²) in [6, 6.07) is 28.1. The summed E-state index contributed by atoms with van der Waals surface area (Å²) >= 11 is 8.62. The number of anilines is 2. The second-order valence-corrected chi connectivity index (χ2v) is 8.87. The molecule has 4 aromatic carbocycles. The first-order valence-corrected chi connectivity index (χ1v) is 11.9. The zero-order chi connectivity index (χ0) is 24.1. The summed E-state index contributed by atoms with van der Waals surface area (Å²) in [6.45, 7) is 2.50. The fourth-order valence-electron chi connectivity index (χ4n) is 3.69. The predicted octanol–water partition coefficient (Wildman–Crippen LogP) is 6.40. The summed E-state index contributed by atoms with van der Waals surface area (Å²) in [5, 5.41) is 7.94. The zero-order valence-corrected chi connectivity index (χ0v) is 20.8. The molecule has 0 saturated heterocycles. The average Bonchev–Trinajstić information content (AvgIpc) is 2.85. The van der Waals surface area contributed by atoms with Crippen LogP contribution in [0.15, 0.2) is 95.5 Å². The molecule has 0 aliphatic heterocycles. The molecule has 0 atom stereocenters. The lowest BCUT2D eigenvalue weighted by Crippen LogP contribution is -2.34. The normalized spacial score (nSPS) is 10.5. The fourth-order valence-corrected chi connectivity index (χ4v) is 4.30. The molecule has 0 radical (unpaired) electrons. The van der Waals surface area contributed by atoms with Gasteiger partial charge in [-0.05, 0) is 73.1 Å². The van der Waals surface area contributed by atoms with Crippen LogP contribution in [0.2, 0.25) is 0 Å². The van der Waals surface area contributed by atoms with Gasteiger partial charge in [-0.25, -0.2) is 0 Å². The number of benzene rings is 4. The Labute approximate surface area is 211 Å². The van der Waals surface area contributed by atoms with Gasteiger partial charge in [-0.1, -0.05) is 58.4 Å². The van der Waals surface area contributed by atoms with E-state index in [1.54, 1.807) is 47.4 Å². The Morgan fingerprint density at radius 1 is 0.882 bits per heavy atom. The molecule has 0 heterocycles. The molecule has 0 fully saturated rings. The number of hydrogen-bond donors (Lipinski definition) is 2. The average molecular weight is 532 g/mol. The number of nitrogens with one attached hydrogen (secondary N) is 2. The van der Waals surface area contributed by atoms with E-state index < -0.39 is 0 Å². The third-order valence-corrected chi connectivity index (χ3v) is 6.02. The number of amides is 2. The fraction of sp³-hybridized carbons (Fsp3) is 0.0741. The Kier molecular flexibility index (Phi) is 7.35. The van der Waals surface area contributed by atoms with E-state index in [-0.39, 0.29) is 16.9 Å². The highest BCUT2D eigenvalue weighted by molar-refractivity contribution is 9.10. The second-order valence-electron chi connectivity index (χ2n) is 7.54. The Hall–Kier alpha value is -3.55. The lowest BCUT2D eigenvalue weighted by molar-refractivity contribution is 0.0973. The van der Waals surface area contributed by atoms with Gasteiger partial charge in [-0.15, -0.1) is 0 Å². The molecule has 0 aliphatic rings. The van der Waals surface area contributed by atoms with Gasteiger partial charge in [0.1, 0.15) is 0 Å². The van der Waals surface area contributed by atoms with Crippen molar-refractivity contribution in [1.29, 1.82) is 0 Å². The van der Waals surface area contributed by atoms with Crippen LogP contribution < -0.4 is 15.5 Å². The van der Waals surface area contributed by atoms with Crippen molar-refractivity contribution in [2.45, 2.75) is 6.92 Å². The zero-order valence-electron chi connectivity index (χ0n) is 18.4. The van der Waals surface area contributed by atoms with Crippen molar-refractivity contribution >= 4 is 67.2 Å². The van der Waals surface area contributed by atoms with Crippen molar-refractivity contribution in [1.82, 2.24) is 5.32 Å². The van der Waals surface area contributed by atoms with Crippen LogP contribution in [0.4, 0.5) is 11.4 Å². The Bertz CT molecular complexity index is 1370. The highest BCUT2D eigenvalue weighted by atomic mass is 79.9. The summed E-state index contributed by atoms with van der Waals surface area (Å²) < 4.78 is 0.809. The first-order chi connectivity index (χ1) is 16.5. The predicted molar refractivity (Wildman–Crippen MR) is 146 cm³/mol. The molecule has 0 saturated carbocycles. The number of hydrogen-bond acceptors (Lipinski definition) is 3. The molecule has 0 bridgehead atoms. The molecule has 7 heteroatoms. The number of halogens is 1. The van der Waals surface area contributed by atoms with Crippen molar-refractivity contribution in [2.24, 2.45) is 0 Å². The van der Waals surface area contributed by atoms with Crippen molar-refractivity contribution in [3.8, 4) is 0 Å². The van der Waals surface area contributed by atoms with E-state index in [1.165, 1.54) is 0 Å². The van der Waals surface area contributed by atoms with E-state index >= 15 is 0 Å². The summed E-state index contributed by atoms with van der Waals surface area (Å²) in [7, 11) is 0. The lowest BCUT2D eigenvalue weighted by atomic mass is 10.1. The number of rotatable bonds is 5. The van der Waals surface area contributed by atoms with Crippen LogP contribution in [-0.2, 0) is 0 Å². The minimum Gasteiger partial charge on any atom is -0.332 e. The van der Waals surface area contributed by atoms with E-state index in [4.69, 9.17) is 12.2 Å². The Morgan fingerprint density at radius 2 is 1.59 bits per heavy atom. The van der Waals surface area contributed by atoms with Crippen molar-refractivity contribution in [3.63, 3.8) is 0 Å². The molecule has 2 amide bonds. The van der Waals surface area contributed by atoms with Crippen molar-refractivity contribution in [2.75, 3.05) is 16.8 Å². The summed E-state index contributed by atoms with van der Waals surface area (Å²) in [5.74, 6) is -0.393. The summed E-state index contributed by atoms with van der Waals surface area (Å²) in [5.41, 5.74) is 2.60. The minimum absolute atomic E-state index is 0.0871. The molecular weight excluding hydrogens is 510 g/mol. The van der Waals surface area contributed by atoms with Gasteiger partial charge in [0, 0.05) is 33.2 Å². The standard InChI is InChI=1S/C27H22BrN3O2S/c1-2-31(24-12-6-8-18-7-3-4-11-23(18)24)26(33)19-13-15-22(16-14-19)29-27(34)30-25(32)20-9-5-10-21(28)17-20/h3-17H,2H2,1H3,(H2,29,30,32,34). The van der Waals surface area contributed by atoms with Crippen LogP contribution in [-0.4, -0.2) is 23.5 Å². The highest BCUT2D eigenvalue weighted by Crippen LogP contribution is 2.28. The number of fused-ring (bicyclic) bond motifs is 1. The van der Waals surface area contributed by atoms with E-state index in [0.717, 1.165) is 20.9 Å². The smallest absolute Gasteiger partial charge is 0.258 e. The van der Waals surface area contributed by atoms with Gasteiger partial charge < -0.3 is 10.2 Å². The monoisotopic (exact) mass is 531 g/mol. The third-order valence-electron chi connectivity index (χ3n) is 5.32. The Balaban J connectivity index is 1.45. The molecule has 0 unspecified atom stereocenters. The van der Waals surface area contributed by atoms with Crippen LogP contribution in [0.1, 0.15) is 27.6 Å². The van der Waals surface area contributed by atoms with E-state index in [2.05, 4.69) is 26.6 Å². The summed E-state index contributed by atoms with van der Waals surface area (Å²) in [6.07, 6.45) is 0. The molecule has 0 aromatic heterocycles. The van der Waals surface area contributed by atoms with Crippen LogP contribution in [0.5, 0.6) is 0 Å². The van der Waals surface area contributed by atoms with Gasteiger partial charge in [0.2, 0.25) is 0 Å². The first-order valence-electron chi connectivity index (χ1n) is 10.7. The highest BCUT2D eigenvalue weighted by Gasteiger charge is 2.18. The second kappa shape index (κ2) is 10.6. The number of carbonyl (C=O) groups is 2. The van der Waals surface area contributed by atoms with Gasteiger partial charge in [-0.3, -0.25) is 14.9 Å². The first kappa shape index (κ1) is 23.6. The molecule has 4 rings (SSSR count). The van der Waals surface area contributed by atoms with Gasteiger partial charge in [0.05, 0.1) is 5.69 Å². The lowest BCUT2D eigenvalue weighted by Gasteiger charge is -2.23. The van der Waals surface area contributed by atoms with Gasteiger partial charge >= 0.3 is 0 Å². The number of nitrogens with zero attached hydrogens (tertiary/aromatic N) is 1. The Morgan fingerprint density at radius 3 is 2.32 bits per heavy atom. The maximum atomic E-state index is 13.3. The molecule has 0 spiro atoms. The molecule has 0 aliphatic carbocycles.